The third-order valence-electron chi connectivity index (χ3n) is 4.70. The lowest BCUT2D eigenvalue weighted by Gasteiger charge is -2.34. The fourth-order valence-electron chi connectivity index (χ4n) is 3.26. The Kier molecular flexibility index (Phi) is 5.64. The number of ether oxygens (including phenoxy) is 1. The number of alkyl halides is 3. The van der Waals surface area contributed by atoms with Crippen LogP contribution in [0.1, 0.15) is 53.6 Å². The van der Waals surface area contributed by atoms with Crippen molar-refractivity contribution in [3.8, 4) is 17.6 Å². The van der Waals surface area contributed by atoms with Gasteiger partial charge in [-0.3, -0.25) is 0 Å². The summed E-state index contributed by atoms with van der Waals surface area (Å²) in [6.45, 7) is 0. The lowest BCUT2D eigenvalue weighted by atomic mass is 9.84. The molecular formula is C22H18F3O3-. The van der Waals surface area contributed by atoms with Gasteiger partial charge in [0.15, 0.2) is 5.60 Å². The second kappa shape index (κ2) is 7.97. The number of benzene rings is 2. The van der Waals surface area contributed by atoms with E-state index in [-0.39, 0.29) is 5.56 Å². The van der Waals surface area contributed by atoms with E-state index in [0.717, 1.165) is 37.0 Å². The van der Waals surface area contributed by atoms with E-state index in [2.05, 4.69) is 11.8 Å². The van der Waals surface area contributed by atoms with Gasteiger partial charge < -0.3 is 14.6 Å². The molecule has 3 nitrogen and oxygen atoms in total. The van der Waals surface area contributed by atoms with Crippen LogP contribution in [0.4, 0.5) is 13.2 Å². The summed E-state index contributed by atoms with van der Waals surface area (Å²) in [5, 5.41) is 11.1. The first-order chi connectivity index (χ1) is 13.3. The predicted molar refractivity (Wildman–Crippen MR) is 95.5 cm³/mol. The van der Waals surface area contributed by atoms with Crippen molar-refractivity contribution < 1.29 is 27.8 Å². The summed E-state index contributed by atoms with van der Waals surface area (Å²) in [6, 6.07) is 11.6. The minimum absolute atomic E-state index is 0.370. The van der Waals surface area contributed by atoms with E-state index < -0.39 is 29.1 Å². The van der Waals surface area contributed by atoms with Gasteiger partial charge in [0.2, 0.25) is 0 Å². The van der Waals surface area contributed by atoms with E-state index in [1.807, 2.05) is 18.2 Å². The number of halogens is 3. The van der Waals surface area contributed by atoms with E-state index in [9.17, 15) is 23.1 Å². The predicted octanol–water partition coefficient (Wildman–Crippen LogP) is 4.20. The maximum Gasteiger partial charge on any atom is 0.419 e. The topological polar surface area (TPSA) is 49.4 Å². The number of hydrogen-bond acceptors (Lipinski definition) is 3. The normalized spacial score (nSPS) is 16.0. The fourth-order valence-corrected chi connectivity index (χ4v) is 3.26. The summed E-state index contributed by atoms with van der Waals surface area (Å²) in [5.41, 5.74) is -1.76. The Morgan fingerprint density at radius 1 is 1.04 bits per heavy atom. The van der Waals surface area contributed by atoms with Gasteiger partial charge in [0.25, 0.3) is 0 Å². The molecular weight excluding hydrogens is 369 g/mol. The monoisotopic (exact) mass is 387 g/mol. The Morgan fingerprint density at radius 3 is 2.32 bits per heavy atom. The van der Waals surface area contributed by atoms with Crippen LogP contribution in [0.15, 0.2) is 48.5 Å². The average molecular weight is 387 g/mol. The summed E-state index contributed by atoms with van der Waals surface area (Å²) in [4.78, 5) is 11.1. The second-order valence-corrected chi connectivity index (χ2v) is 6.77. The second-order valence-electron chi connectivity index (χ2n) is 6.77. The first-order valence-electron chi connectivity index (χ1n) is 8.99. The van der Waals surface area contributed by atoms with Crippen LogP contribution in [0.3, 0.4) is 0 Å². The maximum atomic E-state index is 13.4. The molecule has 0 amide bonds. The zero-order valence-electron chi connectivity index (χ0n) is 15.0. The highest BCUT2D eigenvalue weighted by atomic mass is 19.4. The van der Waals surface area contributed by atoms with Gasteiger partial charge >= 0.3 is 6.18 Å². The van der Waals surface area contributed by atoms with Crippen LogP contribution in [0, 0.1) is 11.8 Å². The zero-order valence-corrected chi connectivity index (χ0v) is 15.0. The summed E-state index contributed by atoms with van der Waals surface area (Å²) >= 11 is 0. The molecule has 1 saturated carbocycles. The number of carboxylic acids is 1. The van der Waals surface area contributed by atoms with Crippen LogP contribution in [-0.2, 0) is 6.18 Å². The molecule has 0 saturated heterocycles. The molecule has 28 heavy (non-hydrogen) atoms. The largest absolute Gasteiger partial charge is 0.545 e. The highest BCUT2D eigenvalue weighted by molar-refractivity contribution is 5.86. The smallest absolute Gasteiger partial charge is 0.419 e. The van der Waals surface area contributed by atoms with E-state index >= 15 is 0 Å². The summed E-state index contributed by atoms with van der Waals surface area (Å²) in [5.74, 6) is 3.92. The van der Waals surface area contributed by atoms with Gasteiger partial charge in [-0.05, 0) is 49.9 Å². The lowest BCUT2D eigenvalue weighted by Crippen LogP contribution is -2.37. The Morgan fingerprint density at radius 2 is 1.71 bits per heavy atom. The van der Waals surface area contributed by atoms with Gasteiger partial charge in [0, 0.05) is 11.1 Å². The van der Waals surface area contributed by atoms with E-state index in [0.29, 0.717) is 18.9 Å². The number of aromatic carboxylic acids is 1. The van der Waals surface area contributed by atoms with Gasteiger partial charge in [-0.2, -0.15) is 13.2 Å². The van der Waals surface area contributed by atoms with Crippen LogP contribution in [0.2, 0.25) is 0 Å². The van der Waals surface area contributed by atoms with Gasteiger partial charge in [-0.1, -0.05) is 42.5 Å². The number of carbonyl (C=O) groups excluding carboxylic acids is 1. The third-order valence-corrected chi connectivity index (χ3v) is 4.70. The van der Waals surface area contributed by atoms with Gasteiger partial charge in [0.1, 0.15) is 5.75 Å². The number of carboxylic acid groups (broad SMARTS) is 1. The van der Waals surface area contributed by atoms with Crippen molar-refractivity contribution in [3.63, 3.8) is 0 Å². The molecule has 0 unspecified atom stereocenters. The molecule has 0 aromatic heterocycles. The molecule has 1 aliphatic rings. The molecule has 0 radical (unpaired) electrons. The lowest BCUT2D eigenvalue weighted by molar-refractivity contribution is -0.255. The number of rotatable bonds is 3. The molecule has 6 heteroatoms. The molecule has 2 aromatic carbocycles. The zero-order chi connectivity index (χ0) is 20.2. The van der Waals surface area contributed by atoms with E-state index in [1.165, 1.54) is 0 Å². The first-order valence-corrected chi connectivity index (χ1v) is 8.99. The Labute approximate surface area is 161 Å². The SMILES string of the molecule is O=C([O-])c1ccc(C(F)(F)F)c(OC2(C#Cc3ccccc3)CCCCC2)c1. The molecule has 0 atom stereocenters. The quantitative estimate of drug-likeness (QED) is 0.742. The van der Waals surface area contributed by atoms with Crippen molar-refractivity contribution in [2.24, 2.45) is 0 Å². The van der Waals surface area contributed by atoms with Crippen molar-refractivity contribution in [1.82, 2.24) is 0 Å². The van der Waals surface area contributed by atoms with Crippen LogP contribution in [0.5, 0.6) is 5.75 Å². The van der Waals surface area contributed by atoms with Crippen molar-refractivity contribution in [2.75, 3.05) is 0 Å². The molecule has 0 bridgehead atoms. The molecule has 0 heterocycles. The third kappa shape index (κ3) is 4.66. The average Bonchev–Trinajstić information content (AvgIpc) is 2.67. The van der Waals surface area contributed by atoms with Crippen molar-refractivity contribution in [3.05, 3.63) is 65.2 Å². The molecule has 2 aromatic rings. The molecule has 0 aliphatic heterocycles. The van der Waals surface area contributed by atoms with Crippen LogP contribution < -0.4 is 9.84 Å². The molecule has 0 spiro atoms. The highest BCUT2D eigenvalue weighted by Crippen LogP contribution is 2.40. The van der Waals surface area contributed by atoms with E-state index in [1.54, 1.807) is 12.1 Å². The number of hydrogen-bond donors (Lipinski definition) is 0. The molecule has 3 rings (SSSR count). The van der Waals surface area contributed by atoms with Crippen LogP contribution in [0.25, 0.3) is 0 Å². The standard InChI is InChI=1S/C22H19F3O3/c23-22(24,25)18-10-9-17(20(26)27)15-19(18)28-21(12-5-2-6-13-21)14-11-16-7-3-1-4-8-16/h1,3-4,7-10,15H,2,5-6,12-13H2,(H,26,27)/p-1. The molecule has 1 aliphatic carbocycles. The van der Waals surface area contributed by atoms with Gasteiger partial charge in [-0.25, -0.2) is 0 Å². The first kappa shape index (κ1) is 19.8. The van der Waals surface area contributed by atoms with Gasteiger partial charge in [-0.15, -0.1) is 0 Å². The maximum absolute atomic E-state index is 13.4. The summed E-state index contributed by atoms with van der Waals surface area (Å²) in [6.07, 6.45) is -1.25. The van der Waals surface area contributed by atoms with Crippen molar-refractivity contribution in [2.45, 2.75) is 43.9 Å². The number of carbonyl (C=O) groups is 1. The summed E-state index contributed by atoms with van der Waals surface area (Å²) < 4.78 is 46.1. The van der Waals surface area contributed by atoms with Crippen molar-refractivity contribution >= 4 is 5.97 Å². The molecule has 146 valence electrons. The Balaban J connectivity index is 2.03. The van der Waals surface area contributed by atoms with Gasteiger partial charge in [0.05, 0.1) is 11.5 Å². The Bertz CT molecular complexity index is 902. The van der Waals surface area contributed by atoms with E-state index in [4.69, 9.17) is 4.74 Å². The fraction of sp³-hybridized carbons (Fsp3) is 0.318. The summed E-state index contributed by atoms with van der Waals surface area (Å²) in [7, 11) is 0. The molecule has 0 N–H and O–H groups in total. The highest BCUT2D eigenvalue weighted by Gasteiger charge is 2.39. The Hall–Kier alpha value is -2.94. The van der Waals surface area contributed by atoms with Crippen LogP contribution in [-0.4, -0.2) is 11.6 Å². The van der Waals surface area contributed by atoms with Crippen molar-refractivity contribution in [1.29, 1.82) is 0 Å². The van der Waals surface area contributed by atoms with Crippen LogP contribution >= 0.6 is 0 Å². The minimum Gasteiger partial charge on any atom is -0.545 e. The minimum atomic E-state index is -4.68. The molecule has 1 fully saturated rings.